The van der Waals surface area contributed by atoms with Crippen LogP contribution in [0.25, 0.3) is 0 Å². The van der Waals surface area contributed by atoms with Crippen molar-refractivity contribution in [1.29, 1.82) is 0 Å². The van der Waals surface area contributed by atoms with Crippen LogP contribution in [-0.2, 0) is 0 Å². The summed E-state index contributed by atoms with van der Waals surface area (Å²) in [5, 5.41) is 9.05. The summed E-state index contributed by atoms with van der Waals surface area (Å²) in [5.74, 6) is 0.488. The summed E-state index contributed by atoms with van der Waals surface area (Å²) < 4.78 is 0. The van der Waals surface area contributed by atoms with Crippen molar-refractivity contribution < 1.29 is 5.11 Å². The van der Waals surface area contributed by atoms with Gasteiger partial charge in [0.25, 0.3) is 0 Å². The molecule has 0 fully saturated rings. The van der Waals surface area contributed by atoms with Gasteiger partial charge in [-0.05, 0) is 11.5 Å². The molecule has 0 unspecified atom stereocenters. The van der Waals surface area contributed by atoms with Crippen molar-refractivity contribution in [1.82, 2.24) is 0 Å². The van der Waals surface area contributed by atoms with Gasteiger partial charge < -0.3 is 5.11 Å². The second kappa shape index (κ2) is 2.90. The first-order valence-electron chi connectivity index (χ1n) is 3.36. The predicted molar refractivity (Wildman–Crippen MR) is 40.5 cm³/mol. The predicted octanol–water partition coefficient (Wildman–Crippen LogP) is 2.88. The van der Waals surface area contributed by atoms with Gasteiger partial charge in [0.1, 0.15) is 0 Å². The van der Waals surface area contributed by atoms with Crippen LogP contribution in [0.5, 0.6) is 0 Å². The van der Waals surface area contributed by atoms with E-state index in [2.05, 4.69) is 20.8 Å². The summed E-state index contributed by atoms with van der Waals surface area (Å²) in [6.45, 7) is 8.15. The summed E-state index contributed by atoms with van der Waals surface area (Å²) in [6.07, 6.45) is 2.62. The first kappa shape index (κ1) is 8.54. The summed E-state index contributed by atoms with van der Waals surface area (Å²) in [7, 11) is 0. The minimum absolute atomic E-state index is 0.111. The van der Waals surface area contributed by atoms with E-state index in [9.17, 15) is 0 Å². The quantitative estimate of drug-likeness (QED) is 0.538. The Balaban J connectivity index is 3.95. The summed E-state index contributed by atoms with van der Waals surface area (Å²) in [5.41, 5.74) is 0.111. The number of allylic oxidation sites excluding steroid dienone is 2. The van der Waals surface area contributed by atoms with Gasteiger partial charge in [-0.3, -0.25) is 0 Å². The topological polar surface area (TPSA) is 20.2 Å². The highest BCUT2D eigenvalue weighted by Gasteiger charge is 2.05. The van der Waals surface area contributed by atoms with Gasteiger partial charge in [0.2, 0.25) is 0 Å². The van der Waals surface area contributed by atoms with Crippen LogP contribution in [-0.4, -0.2) is 5.11 Å². The SMILES string of the molecule is CC/C(O)=C/C(C)(C)C. The molecule has 9 heavy (non-hydrogen) atoms. The number of aliphatic hydroxyl groups is 1. The highest BCUT2D eigenvalue weighted by molar-refractivity contribution is 4.97. The van der Waals surface area contributed by atoms with E-state index >= 15 is 0 Å². The number of hydrogen-bond acceptors (Lipinski definition) is 1. The van der Waals surface area contributed by atoms with E-state index in [1.165, 1.54) is 0 Å². The average molecular weight is 128 g/mol. The molecule has 0 aromatic rings. The third-order valence-corrected chi connectivity index (χ3v) is 0.962. The normalized spacial score (nSPS) is 14.0. The van der Waals surface area contributed by atoms with Crippen LogP contribution in [0.3, 0.4) is 0 Å². The Bertz CT molecular complexity index is 106. The molecule has 0 aliphatic rings. The van der Waals surface area contributed by atoms with Gasteiger partial charge in [-0.15, -0.1) is 0 Å². The molecule has 0 heterocycles. The number of rotatable bonds is 1. The molecule has 0 amide bonds. The molecule has 0 bridgehead atoms. The fourth-order valence-corrected chi connectivity index (χ4v) is 0.602. The Morgan fingerprint density at radius 1 is 1.44 bits per heavy atom. The smallest absolute Gasteiger partial charge is 0.0885 e. The van der Waals surface area contributed by atoms with E-state index in [0.717, 1.165) is 6.42 Å². The number of aliphatic hydroxyl groups excluding tert-OH is 1. The summed E-state index contributed by atoms with van der Waals surface area (Å²) in [4.78, 5) is 0. The Morgan fingerprint density at radius 2 is 1.89 bits per heavy atom. The average Bonchev–Trinajstić information content (AvgIpc) is 1.62. The van der Waals surface area contributed by atoms with Crippen molar-refractivity contribution in [2.45, 2.75) is 34.1 Å². The molecule has 0 atom stereocenters. The van der Waals surface area contributed by atoms with Crippen LogP contribution in [0, 0.1) is 5.41 Å². The van der Waals surface area contributed by atoms with Gasteiger partial charge in [0.15, 0.2) is 0 Å². The molecule has 0 aromatic carbocycles. The van der Waals surface area contributed by atoms with E-state index < -0.39 is 0 Å². The first-order chi connectivity index (χ1) is 3.95. The highest BCUT2D eigenvalue weighted by atomic mass is 16.3. The van der Waals surface area contributed by atoms with E-state index in [0.29, 0.717) is 5.76 Å². The lowest BCUT2D eigenvalue weighted by Crippen LogP contribution is -2.00. The molecular weight excluding hydrogens is 112 g/mol. The third-order valence-electron chi connectivity index (χ3n) is 0.962. The second-order valence-electron chi connectivity index (χ2n) is 3.36. The van der Waals surface area contributed by atoms with Gasteiger partial charge >= 0.3 is 0 Å². The molecule has 0 aliphatic carbocycles. The number of hydrogen-bond donors (Lipinski definition) is 1. The second-order valence-corrected chi connectivity index (χ2v) is 3.36. The fourth-order valence-electron chi connectivity index (χ4n) is 0.602. The Kier molecular flexibility index (Phi) is 2.75. The molecular formula is C8H16O. The molecule has 54 valence electrons. The minimum atomic E-state index is 0.111. The molecule has 0 radical (unpaired) electrons. The summed E-state index contributed by atoms with van der Waals surface area (Å²) >= 11 is 0. The van der Waals surface area contributed by atoms with Gasteiger partial charge in [-0.1, -0.05) is 27.7 Å². The highest BCUT2D eigenvalue weighted by Crippen LogP contribution is 2.17. The van der Waals surface area contributed by atoms with Crippen molar-refractivity contribution in [3.63, 3.8) is 0 Å². The van der Waals surface area contributed by atoms with Gasteiger partial charge in [-0.2, -0.15) is 0 Å². The maximum absolute atomic E-state index is 9.05. The van der Waals surface area contributed by atoms with Crippen LogP contribution in [0.1, 0.15) is 34.1 Å². The molecule has 0 saturated heterocycles. The molecule has 0 spiro atoms. The largest absolute Gasteiger partial charge is 0.513 e. The standard InChI is InChI=1S/C8H16O/c1-5-7(9)6-8(2,3)4/h6,9H,5H2,1-4H3/b7-6-. The Hall–Kier alpha value is -0.460. The van der Waals surface area contributed by atoms with E-state index in [1.54, 1.807) is 0 Å². The molecule has 0 saturated carbocycles. The lowest BCUT2D eigenvalue weighted by Gasteiger charge is -2.11. The van der Waals surface area contributed by atoms with Crippen LogP contribution < -0.4 is 0 Å². The minimum Gasteiger partial charge on any atom is -0.513 e. The molecule has 1 N–H and O–H groups in total. The van der Waals surface area contributed by atoms with E-state index in [-0.39, 0.29) is 5.41 Å². The lowest BCUT2D eigenvalue weighted by atomic mass is 9.95. The first-order valence-corrected chi connectivity index (χ1v) is 3.36. The van der Waals surface area contributed by atoms with Crippen molar-refractivity contribution in [2.24, 2.45) is 5.41 Å². The third kappa shape index (κ3) is 5.41. The van der Waals surface area contributed by atoms with Crippen molar-refractivity contribution in [3.05, 3.63) is 11.8 Å². The molecule has 1 heteroatoms. The molecule has 0 aliphatic heterocycles. The zero-order valence-corrected chi connectivity index (χ0v) is 6.73. The Labute approximate surface area is 57.4 Å². The van der Waals surface area contributed by atoms with Crippen LogP contribution in [0.15, 0.2) is 11.8 Å². The molecule has 1 nitrogen and oxygen atoms in total. The van der Waals surface area contributed by atoms with Crippen LogP contribution in [0.4, 0.5) is 0 Å². The van der Waals surface area contributed by atoms with E-state index in [4.69, 9.17) is 5.11 Å². The zero-order chi connectivity index (χ0) is 7.49. The molecule has 0 rings (SSSR count). The van der Waals surface area contributed by atoms with Crippen LogP contribution in [0.2, 0.25) is 0 Å². The van der Waals surface area contributed by atoms with Gasteiger partial charge in [0, 0.05) is 6.42 Å². The maximum atomic E-state index is 9.05. The van der Waals surface area contributed by atoms with Gasteiger partial charge in [0.05, 0.1) is 5.76 Å². The van der Waals surface area contributed by atoms with Crippen molar-refractivity contribution in [3.8, 4) is 0 Å². The van der Waals surface area contributed by atoms with Gasteiger partial charge in [-0.25, -0.2) is 0 Å². The van der Waals surface area contributed by atoms with Crippen molar-refractivity contribution >= 4 is 0 Å². The summed E-state index contributed by atoms with van der Waals surface area (Å²) in [6, 6.07) is 0. The van der Waals surface area contributed by atoms with Crippen LogP contribution >= 0.6 is 0 Å². The van der Waals surface area contributed by atoms with Crippen molar-refractivity contribution in [2.75, 3.05) is 0 Å². The zero-order valence-electron chi connectivity index (χ0n) is 6.73. The lowest BCUT2D eigenvalue weighted by molar-refractivity contribution is 0.375. The van der Waals surface area contributed by atoms with E-state index in [1.807, 2.05) is 13.0 Å². The maximum Gasteiger partial charge on any atom is 0.0885 e. The monoisotopic (exact) mass is 128 g/mol. The fraction of sp³-hybridized carbons (Fsp3) is 0.750. The Morgan fingerprint density at radius 3 is 2.00 bits per heavy atom. The molecule has 0 aromatic heterocycles.